The molecule has 0 bridgehead atoms. The zero-order valence-corrected chi connectivity index (χ0v) is 15.6. The van der Waals surface area contributed by atoms with E-state index in [1.807, 2.05) is 0 Å². The lowest BCUT2D eigenvalue weighted by atomic mass is 10.1. The summed E-state index contributed by atoms with van der Waals surface area (Å²) in [5.41, 5.74) is -0.0596. The van der Waals surface area contributed by atoms with Crippen LogP contribution in [-0.2, 0) is 19.3 Å². The summed E-state index contributed by atoms with van der Waals surface area (Å²) in [7, 11) is 0. The van der Waals surface area contributed by atoms with Gasteiger partial charge in [-0.15, -0.1) is 0 Å². The topological polar surface area (TPSA) is 78.9 Å². The van der Waals surface area contributed by atoms with E-state index in [2.05, 4.69) is 24.6 Å². The Morgan fingerprint density at radius 2 is 1.81 bits per heavy atom. The van der Waals surface area contributed by atoms with Crippen LogP contribution in [0.2, 0.25) is 0 Å². The molecule has 1 aromatic carbocycles. The first-order valence-corrected chi connectivity index (χ1v) is 8.72. The first-order valence-electron chi connectivity index (χ1n) is 8.72. The Morgan fingerprint density at radius 3 is 2.47 bits per heavy atom. The molecular weight excluding hydrogens is 451 g/mol. The van der Waals surface area contributed by atoms with Crippen LogP contribution in [0.5, 0.6) is 6.01 Å². The van der Waals surface area contributed by atoms with Crippen molar-refractivity contribution in [3.8, 4) is 17.4 Å². The number of ether oxygens (including phenoxy) is 1. The van der Waals surface area contributed by atoms with Crippen molar-refractivity contribution in [3.05, 3.63) is 53.8 Å². The maximum Gasteiger partial charge on any atom is 0.471 e. The van der Waals surface area contributed by atoms with Crippen LogP contribution in [0, 0.1) is 5.82 Å². The number of alkyl halides is 6. The Labute approximate surface area is 173 Å². The first kappa shape index (κ1) is 21.5. The summed E-state index contributed by atoms with van der Waals surface area (Å²) < 4.78 is 101. The van der Waals surface area contributed by atoms with Crippen LogP contribution in [-0.4, -0.2) is 30.9 Å². The average molecular weight is 461 g/mol. The van der Waals surface area contributed by atoms with Gasteiger partial charge in [-0.2, -0.15) is 36.3 Å². The molecule has 7 nitrogen and oxygen atoms in total. The van der Waals surface area contributed by atoms with Gasteiger partial charge in [0.2, 0.25) is 5.82 Å². The quantitative estimate of drug-likeness (QED) is 0.398. The highest BCUT2D eigenvalue weighted by Gasteiger charge is 2.38. The van der Waals surface area contributed by atoms with Crippen LogP contribution in [0.1, 0.15) is 11.5 Å². The maximum absolute atomic E-state index is 14.4. The molecule has 4 aromatic rings. The Bertz CT molecular complexity index is 1260. The molecule has 0 atom stereocenters. The molecule has 3 aromatic heterocycles. The molecule has 0 saturated carbocycles. The highest BCUT2D eigenvalue weighted by atomic mass is 19.4. The van der Waals surface area contributed by atoms with Gasteiger partial charge in [-0.1, -0.05) is 11.2 Å². The lowest BCUT2D eigenvalue weighted by Gasteiger charge is -2.12. The number of hydrogen-bond acceptors (Lipinski definition) is 6. The summed E-state index contributed by atoms with van der Waals surface area (Å²) >= 11 is 0. The molecule has 32 heavy (non-hydrogen) atoms. The third-order valence-corrected chi connectivity index (χ3v) is 4.14. The molecule has 0 aliphatic carbocycles. The number of halogens is 7. The molecule has 0 saturated heterocycles. The summed E-state index contributed by atoms with van der Waals surface area (Å²) in [6.07, 6.45) is -8.09. The van der Waals surface area contributed by atoms with E-state index in [4.69, 9.17) is 4.74 Å². The van der Waals surface area contributed by atoms with Gasteiger partial charge in [0, 0.05) is 6.20 Å². The Balaban J connectivity index is 1.56. The van der Waals surface area contributed by atoms with Crippen molar-refractivity contribution in [2.45, 2.75) is 25.5 Å². The second-order valence-electron chi connectivity index (χ2n) is 6.47. The van der Waals surface area contributed by atoms with Crippen LogP contribution < -0.4 is 4.74 Å². The van der Waals surface area contributed by atoms with Gasteiger partial charge >= 0.3 is 18.2 Å². The SMILES string of the molecule is Fc1cc(COc2nc3ncccc3n2CC(F)(F)F)ccc1-c1noc(C(F)(F)F)n1. The maximum atomic E-state index is 14.4. The fraction of sp³-hybridized carbons (Fsp3) is 0.222. The highest BCUT2D eigenvalue weighted by Crippen LogP contribution is 2.31. The van der Waals surface area contributed by atoms with Crippen molar-refractivity contribution < 1.29 is 40.0 Å². The summed E-state index contributed by atoms with van der Waals surface area (Å²) in [4.78, 5) is 10.9. The standard InChI is InChI=1S/C18H10F7N5O2/c19-11-6-9(3-4-10(11)13-27-15(32-29-13)18(23,24)25)7-31-16-28-14-12(2-1-5-26-14)30(16)8-17(20,21)22/h1-6H,7-8H2. The number of rotatable bonds is 5. The molecule has 0 aliphatic rings. The van der Waals surface area contributed by atoms with Crippen LogP contribution in [0.25, 0.3) is 22.6 Å². The van der Waals surface area contributed by atoms with Crippen LogP contribution in [0.15, 0.2) is 41.1 Å². The number of nitrogens with zero attached hydrogens (tertiary/aromatic N) is 5. The molecule has 168 valence electrons. The van der Waals surface area contributed by atoms with Crippen molar-refractivity contribution in [2.24, 2.45) is 0 Å². The zero-order valence-electron chi connectivity index (χ0n) is 15.6. The van der Waals surface area contributed by atoms with Crippen molar-refractivity contribution in [1.82, 2.24) is 24.7 Å². The van der Waals surface area contributed by atoms with Gasteiger partial charge in [0.25, 0.3) is 6.01 Å². The van der Waals surface area contributed by atoms with E-state index < -0.39 is 36.4 Å². The van der Waals surface area contributed by atoms with Crippen molar-refractivity contribution in [1.29, 1.82) is 0 Å². The summed E-state index contributed by atoms with van der Waals surface area (Å²) in [5, 5.41) is 3.10. The number of benzene rings is 1. The van der Waals surface area contributed by atoms with Gasteiger partial charge in [-0.3, -0.25) is 4.57 Å². The van der Waals surface area contributed by atoms with Crippen molar-refractivity contribution in [2.75, 3.05) is 0 Å². The minimum atomic E-state index is -4.88. The van der Waals surface area contributed by atoms with E-state index in [-0.39, 0.29) is 34.9 Å². The first-order chi connectivity index (χ1) is 15.0. The molecule has 3 heterocycles. The Kier molecular flexibility index (Phi) is 5.22. The molecule has 0 unspecified atom stereocenters. The molecule has 0 aliphatic heterocycles. The smallest absolute Gasteiger partial charge is 0.460 e. The van der Waals surface area contributed by atoms with Crippen molar-refractivity contribution >= 4 is 11.2 Å². The minimum Gasteiger partial charge on any atom is -0.460 e. The summed E-state index contributed by atoms with van der Waals surface area (Å²) in [5.74, 6) is -3.22. The molecule has 14 heteroatoms. The lowest BCUT2D eigenvalue weighted by Crippen LogP contribution is -2.18. The number of fused-ring (bicyclic) bond motifs is 1. The monoisotopic (exact) mass is 461 g/mol. The van der Waals surface area contributed by atoms with Gasteiger partial charge < -0.3 is 9.26 Å². The highest BCUT2D eigenvalue weighted by molar-refractivity contribution is 5.72. The average Bonchev–Trinajstić information content (AvgIpc) is 3.31. The third-order valence-electron chi connectivity index (χ3n) is 4.14. The predicted octanol–water partition coefficient (Wildman–Crippen LogP) is 4.78. The third kappa shape index (κ3) is 4.48. The summed E-state index contributed by atoms with van der Waals surface area (Å²) in [6.45, 7) is -1.75. The second kappa shape index (κ2) is 7.76. The van der Waals surface area contributed by atoms with E-state index in [9.17, 15) is 30.7 Å². The van der Waals surface area contributed by atoms with Gasteiger partial charge in [-0.25, -0.2) is 9.37 Å². The molecule has 0 fully saturated rings. The predicted molar refractivity (Wildman–Crippen MR) is 92.6 cm³/mol. The molecule has 0 amide bonds. The number of imidazole rings is 1. The largest absolute Gasteiger partial charge is 0.471 e. The van der Waals surface area contributed by atoms with E-state index in [1.165, 1.54) is 24.4 Å². The van der Waals surface area contributed by atoms with Crippen LogP contribution in [0.4, 0.5) is 30.7 Å². The Hall–Kier alpha value is -3.71. The number of pyridine rings is 1. The summed E-state index contributed by atoms with van der Waals surface area (Å²) in [6, 6.07) is 5.76. The fourth-order valence-electron chi connectivity index (χ4n) is 2.81. The number of aromatic nitrogens is 5. The molecule has 0 N–H and O–H groups in total. The Morgan fingerprint density at radius 1 is 1.03 bits per heavy atom. The van der Waals surface area contributed by atoms with E-state index in [1.54, 1.807) is 0 Å². The van der Waals surface area contributed by atoms with Gasteiger partial charge in [0.15, 0.2) is 5.65 Å². The normalized spacial score (nSPS) is 12.5. The fourth-order valence-corrected chi connectivity index (χ4v) is 2.81. The van der Waals surface area contributed by atoms with Gasteiger partial charge in [0.1, 0.15) is 19.0 Å². The van der Waals surface area contributed by atoms with Crippen LogP contribution >= 0.6 is 0 Å². The zero-order chi connectivity index (χ0) is 23.1. The number of hydrogen-bond donors (Lipinski definition) is 0. The molecule has 4 rings (SSSR count). The lowest BCUT2D eigenvalue weighted by molar-refractivity contribution is -0.159. The molecular formula is C18H10F7N5O2. The van der Waals surface area contributed by atoms with Crippen LogP contribution in [0.3, 0.4) is 0 Å². The van der Waals surface area contributed by atoms with E-state index >= 15 is 0 Å². The van der Waals surface area contributed by atoms with Gasteiger partial charge in [-0.05, 0) is 29.8 Å². The van der Waals surface area contributed by atoms with Crippen molar-refractivity contribution in [3.63, 3.8) is 0 Å². The molecule has 0 radical (unpaired) electrons. The van der Waals surface area contributed by atoms with E-state index in [0.717, 1.165) is 16.7 Å². The molecule has 0 spiro atoms. The van der Waals surface area contributed by atoms with Gasteiger partial charge in [0.05, 0.1) is 11.1 Å². The van der Waals surface area contributed by atoms with E-state index in [0.29, 0.717) is 0 Å². The second-order valence-corrected chi connectivity index (χ2v) is 6.47. The minimum absolute atomic E-state index is 0.0332.